The number of ether oxygens (including phenoxy) is 1. The number of rotatable bonds is 5. The lowest BCUT2D eigenvalue weighted by Gasteiger charge is -2.19. The minimum absolute atomic E-state index is 0.105. The van der Waals surface area contributed by atoms with Gasteiger partial charge in [0.05, 0.1) is 10.6 Å². The summed E-state index contributed by atoms with van der Waals surface area (Å²) < 4.78 is 103. The number of nitrogens with zero attached hydrogens (tertiary/aromatic N) is 2. The van der Waals surface area contributed by atoms with Gasteiger partial charge in [-0.05, 0) is 19.1 Å². The Morgan fingerprint density at radius 1 is 1.27 bits per heavy atom. The average Bonchev–Trinajstić information content (AvgIpc) is 3.02. The Balaban J connectivity index is 2.48. The molecule has 0 aromatic heterocycles. The summed E-state index contributed by atoms with van der Waals surface area (Å²) in [6.45, 7) is 1.94. The van der Waals surface area contributed by atoms with E-state index >= 15 is 0 Å². The number of anilines is 1. The number of carbonyl (C=O) groups excluding carboxylic acids is 1. The number of halogens is 7. The zero-order chi connectivity index (χ0) is 22.9. The lowest BCUT2D eigenvalue weighted by molar-refractivity contribution is -0.274. The molecule has 2 rings (SSSR count). The van der Waals surface area contributed by atoms with Crippen molar-refractivity contribution in [3.8, 4) is 5.75 Å². The number of hydrazone groups is 1. The van der Waals surface area contributed by atoms with Gasteiger partial charge in [-0.1, -0.05) is 11.6 Å². The van der Waals surface area contributed by atoms with E-state index in [1.165, 1.54) is 5.01 Å². The second-order valence-electron chi connectivity index (χ2n) is 5.26. The van der Waals surface area contributed by atoms with Gasteiger partial charge in [0, 0.05) is 6.54 Å². The lowest BCUT2D eigenvalue weighted by atomic mass is 10.1. The van der Waals surface area contributed by atoms with Crippen LogP contribution in [-0.2, 0) is 10.0 Å². The zero-order valence-corrected chi connectivity index (χ0v) is 16.0. The molecule has 0 bridgehead atoms. The Kier molecular flexibility index (Phi) is 6.48. The van der Waals surface area contributed by atoms with Gasteiger partial charge in [-0.2, -0.15) is 21.6 Å². The van der Waals surface area contributed by atoms with Crippen molar-refractivity contribution >= 4 is 39.2 Å². The minimum Gasteiger partial charge on any atom is -0.403 e. The lowest BCUT2D eigenvalue weighted by Crippen LogP contribution is -2.47. The van der Waals surface area contributed by atoms with Crippen molar-refractivity contribution in [1.82, 2.24) is 21.4 Å². The van der Waals surface area contributed by atoms with Crippen LogP contribution >= 0.6 is 11.6 Å². The summed E-state index contributed by atoms with van der Waals surface area (Å²) in [7, 11) is -6.19. The summed E-state index contributed by atoms with van der Waals surface area (Å²) in [4.78, 5) is 12.4. The normalized spacial score (nSPS) is 14.8. The fourth-order valence-corrected chi connectivity index (χ4v) is 2.91. The molecule has 18 heteroatoms. The standard InChI is InChI=1S/C12H11ClF6N6O4S/c1-2-25-10(21-23-24-25)20-9(26)5-3-4-6(29-11(14,15)16)8(7(5)13)22-30(27,28)12(17,18)19/h3-4,22-24H,2H2,1H3,(H,20,21,26). The highest BCUT2D eigenvalue weighted by atomic mass is 35.5. The van der Waals surface area contributed by atoms with Gasteiger partial charge in [0.2, 0.25) is 5.96 Å². The fourth-order valence-electron chi connectivity index (χ4n) is 1.98. The molecule has 0 aliphatic carbocycles. The van der Waals surface area contributed by atoms with E-state index in [0.717, 1.165) is 4.72 Å². The first-order valence-corrected chi connectivity index (χ1v) is 9.37. The first-order valence-electron chi connectivity index (χ1n) is 7.51. The zero-order valence-electron chi connectivity index (χ0n) is 14.4. The van der Waals surface area contributed by atoms with Crippen molar-refractivity contribution in [2.75, 3.05) is 11.3 Å². The monoisotopic (exact) mass is 484 g/mol. The summed E-state index contributed by atoms with van der Waals surface area (Å²) in [5.74, 6) is -2.63. The molecule has 168 valence electrons. The summed E-state index contributed by atoms with van der Waals surface area (Å²) in [5.41, 5.74) is -3.21. The largest absolute Gasteiger partial charge is 0.573 e. The number of benzene rings is 1. The van der Waals surface area contributed by atoms with E-state index in [0.29, 0.717) is 12.1 Å². The predicted octanol–water partition coefficient (Wildman–Crippen LogP) is 1.85. The van der Waals surface area contributed by atoms with Gasteiger partial charge in [0.25, 0.3) is 5.91 Å². The highest BCUT2D eigenvalue weighted by Crippen LogP contribution is 2.40. The molecule has 1 aliphatic heterocycles. The van der Waals surface area contributed by atoms with Gasteiger partial charge >= 0.3 is 21.9 Å². The SMILES string of the molecule is CCN1NNN=C1NC(=O)c1ccc(OC(F)(F)F)c(NS(=O)(=O)C(F)(F)F)c1Cl. The van der Waals surface area contributed by atoms with E-state index in [9.17, 15) is 39.6 Å². The predicted molar refractivity (Wildman–Crippen MR) is 90.3 cm³/mol. The first-order chi connectivity index (χ1) is 13.7. The van der Waals surface area contributed by atoms with Gasteiger partial charge < -0.3 is 4.74 Å². The quantitative estimate of drug-likeness (QED) is 0.470. The number of nitrogens with one attached hydrogen (secondary N) is 4. The number of hydrazine groups is 2. The van der Waals surface area contributed by atoms with Crippen LogP contribution in [0.1, 0.15) is 17.3 Å². The fraction of sp³-hybridized carbons (Fsp3) is 0.333. The number of hydrogen-bond acceptors (Lipinski definition) is 8. The Hall–Kier alpha value is -2.66. The molecule has 1 amide bonds. The van der Waals surface area contributed by atoms with E-state index in [-0.39, 0.29) is 12.5 Å². The van der Waals surface area contributed by atoms with Gasteiger partial charge in [0.15, 0.2) is 5.75 Å². The molecular formula is C12H11ClF6N6O4S. The molecule has 0 unspecified atom stereocenters. The molecule has 10 nitrogen and oxygen atoms in total. The molecule has 0 saturated carbocycles. The van der Waals surface area contributed by atoms with Crippen molar-refractivity contribution < 1.29 is 44.3 Å². The smallest absolute Gasteiger partial charge is 0.403 e. The van der Waals surface area contributed by atoms with Gasteiger partial charge in [0.1, 0.15) is 5.69 Å². The summed E-state index contributed by atoms with van der Waals surface area (Å²) in [6, 6.07) is 1.11. The van der Waals surface area contributed by atoms with Gasteiger partial charge in [-0.25, -0.2) is 5.53 Å². The van der Waals surface area contributed by atoms with E-state index < -0.39 is 49.8 Å². The minimum atomic E-state index is -6.19. The molecule has 0 atom stereocenters. The molecule has 4 N–H and O–H groups in total. The van der Waals surface area contributed by atoms with Crippen molar-refractivity contribution in [2.24, 2.45) is 5.10 Å². The number of hydrogen-bond donors (Lipinski definition) is 4. The van der Waals surface area contributed by atoms with Gasteiger partial charge in [-0.3, -0.25) is 19.8 Å². The van der Waals surface area contributed by atoms with Crippen LogP contribution in [0.3, 0.4) is 0 Å². The Labute approximate surface area is 169 Å². The second kappa shape index (κ2) is 8.23. The van der Waals surface area contributed by atoms with Crippen LogP contribution in [0.15, 0.2) is 17.2 Å². The molecule has 1 heterocycles. The molecule has 30 heavy (non-hydrogen) atoms. The molecule has 1 aliphatic rings. The topological polar surface area (TPSA) is 124 Å². The molecule has 1 aromatic rings. The van der Waals surface area contributed by atoms with Crippen molar-refractivity contribution in [3.63, 3.8) is 0 Å². The van der Waals surface area contributed by atoms with Crippen molar-refractivity contribution in [2.45, 2.75) is 18.8 Å². The third-order valence-corrected chi connectivity index (χ3v) is 4.73. The van der Waals surface area contributed by atoms with Crippen LogP contribution in [0, 0.1) is 0 Å². The molecule has 0 spiro atoms. The summed E-state index contributed by atoms with van der Waals surface area (Å²) >= 11 is 5.76. The molecule has 0 fully saturated rings. The Morgan fingerprint density at radius 2 is 1.90 bits per heavy atom. The number of guanidine groups is 1. The summed E-state index contributed by atoms with van der Waals surface area (Å²) in [6.07, 6.45) is -5.40. The van der Waals surface area contributed by atoms with E-state index in [2.05, 4.69) is 26.2 Å². The molecule has 0 saturated heterocycles. The maximum atomic E-state index is 12.7. The van der Waals surface area contributed by atoms with Crippen LogP contribution in [0.2, 0.25) is 5.02 Å². The Bertz CT molecular complexity index is 967. The molecular weight excluding hydrogens is 474 g/mol. The number of amides is 1. The van der Waals surface area contributed by atoms with Crippen LogP contribution in [0.4, 0.5) is 32.0 Å². The van der Waals surface area contributed by atoms with Crippen LogP contribution < -0.4 is 25.8 Å². The highest BCUT2D eigenvalue weighted by Gasteiger charge is 2.47. The summed E-state index contributed by atoms with van der Waals surface area (Å²) in [5, 5.41) is 6.03. The Morgan fingerprint density at radius 3 is 2.43 bits per heavy atom. The van der Waals surface area contributed by atoms with Gasteiger partial charge in [-0.15, -0.1) is 23.8 Å². The van der Waals surface area contributed by atoms with E-state index in [1.807, 2.05) is 0 Å². The average molecular weight is 485 g/mol. The second-order valence-corrected chi connectivity index (χ2v) is 7.31. The molecule has 1 aromatic carbocycles. The maximum absolute atomic E-state index is 12.7. The third-order valence-electron chi connectivity index (χ3n) is 3.26. The third kappa shape index (κ3) is 5.28. The number of sulfonamides is 1. The van der Waals surface area contributed by atoms with Crippen molar-refractivity contribution in [3.05, 3.63) is 22.7 Å². The van der Waals surface area contributed by atoms with Crippen LogP contribution in [0.25, 0.3) is 0 Å². The van der Waals surface area contributed by atoms with Crippen molar-refractivity contribution in [1.29, 1.82) is 0 Å². The maximum Gasteiger partial charge on any atom is 0.573 e. The first kappa shape index (κ1) is 23.6. The van der Waals surface area contributed by atoms with Crippen LogP contribution in [0.5, 0.6) is 5.75 Å². The van der Waals surface area contributed by atoms with E-state index in [4.69, 9.17) is 11.6 Å². The van der Waals surface area contributed by atoms with Crippen LogP contribution in [-0.4, -0.2) is 43.7 Å². The van der Waals surface area contributed by atoms with E-state index in [1.54, 1.807) is 6.92 Å². The number of carbonyl (C=O) groups is 1. The number of alkyl halides is 6. The molecule has 0 radical (unpaired) electrons. The highest BCUT2D eigenvalue weighted by molar-refractivity contribution is 7.93.